The third-order valence-corrected chi connectivity index (χ3v) is 3.32. The van der Waals surface area contributed by atoms with E-state index < -0.39 is 0 Å². The van der Waals surface area contributed by atoms with Gasteiger partial charge in [0.05, 0.1) is 0 Å². The van der Waals surface area contributed by atoms with E-state index in [-0.39, 0.29) is 11.5 Å². The number of H-pyrrole nitrogens is 1. The summed E-state index contributed by atoms with van der Waals surface area (Å²) in [6.45, 7) is 3.33. The summed E-state index contributed by atoms with van der Waals surface area (Å²) >= 11 is 1.40. The molecule has 0 saturated carbocycles. The van der Waals surface area contributed by atoms with E-state index >= 15 is 0 Å². The largest absolute Gasteiger partial charge is 0.508 e. The molecule has 1 aromatic carbocycles. The molecule has 0 fully saturated rings. The number of phenolic OH excluding ortho intramolecular Hbond substituents is 1. The van der Waals surface area contributed by atoms with Gasteiger partial charge in [-0.2, -0.15) is 0 Å². The number of nitrogens with zero attached hydrogens (tertiary/aromatic N) is 2. The van der Waals surface area contributed by atoms with Gasteiger partial charge in [0, 0.05) is 16.9 Å². The molecular weight excluding hydrogens is 250 g/mol. The van der Waals surface area contributed by atoms with Crippen molar-refractivity contribution in [3.05, 3.63) is 35.2 Å². The second kappa shape index (κ2) is 5.22. The maximum Gasteiger partial charge on any atom is 0.208 e. The highest BCUT2D eigenvalue weighted by atomic mass is 32.2. The van der Waals surface area contributed by atoms with Crippen LogP contribution in [-0.2, 0) is 5.75 Å². The standard InChI is InChI=1S/C12H13N3O2S/c1-7(16)9-3-4-11(17)10(5-9)6-18-12-13-8(2)14-15-12/h3-5,17H,6H2,1-2H3,(H,13,14,15). The van der Waals surface area contributed by atoms with Crippen LogP contribution in [0.15, 0.2) is 23.4 Å². The first-order chi connectivity index (χ1) is 8.56. The summed E-state index contributed by atoms with van der Waals surface area (Å²) < 4.78 is 0. The number of aryl methyl sites for hydroxylation is 1. The highest BCUT2D eigenvalue weighted by molar-refractivity contribution is 7.98. The number of aromatic nitrogens is 3. The summed E-state index contributed by atoms with van der Waals surface area (Å²) in [5, 5.41) is 17.1. The zero-order valence-corrected chi connectivity index (χ0v) is 10.9. The molecule has 94 valence electrons. The Labute approximate surface area is 109 Å². The molecule has 0 aliphatic heterocycles. The van der Waals surface area contributed by atoms with Crippen molar-refractivity contribution in [1.82, 2.24) is 15.2 Å². The Morgan fingerprint density at radius 1 is 1.50 bits per heavy atom. The molecule has 0 saturated heterocycles. The minimum Gasteiger partial charge on any atom is -0.508 e. The van der Waals surface area contributed by atoms with Gasteiger partial charge in [-0.15, -0.1) is 5.10 Å². The average molecular weight is 263 g/mol. The van der Waals surface area contributed by atoms with Crippen molar-refractivity contribution in [2.75, 3.05) is 0 Å². The summed E-state index contributed by atoms with van der Waals surface area (Å²) in [4.78, 5) is 15.4. The Morgan fingerprint density at radius 2 is 2.28 bits per heavy atom. The molecule has 0 unspecified atom stereocenters. The number of thioether (sulfide) groups is 1. The molecule has 0 spiro atoms. The summed E-state index contributed by atoms with van der Waals surface area (Å²) in [6, 6.07) is 4.85. The fourth-order valence-electron chi connectivity index (χ4n) is 1.45. The zero-order valence-electron chi connectivity index (χ0n) is 10.1. The van der Waals surface area contributed by atoms with Crippen molar-refractivity contribution in [1.29, 1.82) is 0 Å². The van der Waals surface area contributed by atoms with Gasteiger partial charge in [0.2, 0.25) is 5.16 Å². The number of rotatable bonds is 4. The van der Waals surface area contributed by atoms with Crippen LogP contribution in [0.2, 0.25) is 0 Å². The van der Waals surface area contributed by atoms with Crippen LogP contribution in [-0.4, -0.2) is 26.1 Å². The van der Waals surface area contributed by atoms with Crippen molar-refractivity contribution in [2.45, 2.75) is 24.8 Å². The van der Waals surface area contributed by atoms with E-state index in [1.54, 1.807) is 12.1 Å². The van der Waals surface area contributed by atoms with Crippen molar-refractivity contribution in [3.8, 4) is 5.75 Å². The number of hydrogen-bond acceptors (Lipinski definition) is 5. The molecule has 1 heterocycles. The van der Waals surface area contributed by atoms with Gasteiger partial charge in [-0.3, -0.25) is 9.89 Å². The second-order valence-corrected chi connectivity index (χ2v) is 4.83. The highest BCUT2D eigenvalue weighted by Crippen LogP contribution is 2.26. The van der Waals surface area contributed by atoms with Crippen molar-refractivity contribution >= 4 is 17.5 Å². The molecule has 2 N–H and O–H groups in total. The number of benzene rings is 1. The van der Waals surface area contributed by atoms with E-state index in [4.69, 9.17) is 0 Å². The molecular formula is C12H13N3O2S. The third kappa shape index (κ3) is 2.89. The summed E-state index contributed by atoms with van der Waals surface area (Å²) in [5.74, 6) is 1.43. The van der Waals surface area contributed by atoms with Crippen molar-refractivity contribution in [2.24, 2.45) is 0 Å². The molecule has 2 aromatic rings. The molecule has 0 bridgehead atoms. The van der Waals surface area contributed by atoms with Gasteiger partial charge in [-0.1, -0.05) is 11.8 Å². The Balaban J connectivity index is 2.13. The Kier molecular flexibility index (Phi) is 3.66. The number of phenols is 1. The molecule has 2 rings (SSSR count). The number of ketones is 1. The number of Topliss-reactive ketones (excluding diaryl/α,β-unsaturated/α-hetero) is 1. The molecule has 6 heteroatoms. The fraction of sp³-hybridized carbons (Fsp3) is 0.250. The lowest BCUT2D eigenvalue weighted by molar-refractivity contribution is 0.101. The normalized spacial score (nSPS) is 10.6. The van der Waals surface area contributed by atoms with Crippen molar-refractivity contribution < 1.29 is 9.90 Å². The van der Waals surface area contributed by atoms with Crippen LogP contribution in [0.4, 0.5) is 0 Å². The monoisotopic (exact) mass is 263 g/mol. The van der Waals surface area contributed by atoms with E-state index in [2.05, 4.69) is 15.2 Å². The maximum absolute atomic E-state index is 11.3. The predicted molar refractivity (Wildman–Crippen MR) is 68.8 cm³/mol. The van der Waals surface area contributed by atoms with Gasteiger partial charge in [0.1, 0.15) is 11.6 Å². The lowest BCUT2D eigenvalue weighted by Gasteiger charge is -2.04. The first kappa shape index (κ1) is 12.6. The minimum atomic E-state index is -0.0185. The molecule has 0 aliphatic rings. The van der Waals surface area contributed by atoms with E-state index in [1.807, 2.05) is 6.92 Å². The van der Waals surface area contributed by atoms with Gasteiger partial charge in [-0.25, -0.2) is 4.98 Å². The van der Waals surface area contributed by atoms with E-state index in [0.29, 0.717) is 22.0 Å². The van der Waals surface area contributed by atoms with Crippen LogP contribution in [0.1, 0.15) is 28.7 Å². The first-order valence-corrected chi connectivity index (χ1v) is 6.39. The fourth-order valence-corrected chi connectivity index (χ4v) is 2.28. The smallest absolute Gasteiger partial charge is 0.208 e. The number of carbonyl (C=O) groups excluding carboxylic acids is 1. The summed E-state index contributed by atoms with van der Waals surface area (Å²) in [6.07, 6.45) is 0. The maximum atomic E-state index is 11.3. The molecule has 18 heavy (non-hydrogen) atoms. The van der Waals surface area contributed by atoms with Gasteiger partial charge < -0.3 is 5.11 Å². The zero-order chi connectivity index (χ0) is 13.1. The van der Waals surface area contributed by atoms with Gasteiger partial charge in [0.25, 0.3) is 0 Å². The summed E-state index contributed by atoms with van der Waals surface area (Å²) in [5.41, 5.74) is 1.30. The molecule has 0 atom stereocenters. The number of carbonyl (C=O) groups is 1. The highest BCUT2D eigenvalue weighted by Gasteiger charge is 2.08. The molecule has 1 aromatic heterocycles. The van der Waals surface area contributed by atoms with E-state index in [9.17, 15) is 9.90 Å². The number of aromatic amines is 1. The van der Waals surface area contributed by atoms with E-state index in [1.165, 1.54) is 24.8 Å². The predicted octanol–water partition coefficient (Wildman–Crippen LogP) is 2.31. The van der Waals surface area contributed by atoms with Gasteiger partial charge in [0.15, 0.2) is 5.78 Å². The Bertz CT molecular complexity index is 580. The van der Waals surface area contributed by atoms with Crippen LogP contribution in [0.5, 0.6) is 5.75 Å². The van der Waals surface area contributed by atoms with E-state index in [0.717, 1.165) is 5.82 Å². The third-order valence-electron chi connectivity index (χ3n) is 2.42. The van der Waals surface area contributed by atoms with Crippen LogP contribution < -0.4 is 0 Å². The van der Waals surface area contributed by atoms with Gasteiger partial charge in [-0.05, 0) is 32.0 Å². The molecule has 0 amide bonds. The number of hydrogen-bond donors (Lipinski definition) is 2. The second-order valence-electron chi connectivity index (χ2n) is 3.89. The SMILES string of the molecule is CC(=O)c1ccc(O)c(CSc2n[nH]c(C)n2)c1. The molecule has 0 aliphatic carbocycles. The molecule has 0 radical (unpaired) electrons. The Hall–Kier alpha value is -1.82. The topological polar surface area (TPSA) is 78.9 Å². The number of aromatic hydroxyl groups is 1. The lowest BCUT2D eigenvalue weighted by Crippen LogP contribution is -1.94. The quantitative estimate of drug-likeness (QED) is 0.653. The molecule has 5 nitrogen and oxygen atoms in total. The first-order valence-electron chi connectivity index (χ1n) is 5.41. The lowest BCUT2D eigenvalue weighted by atomic mass is 10.1. The number of nitrogens with one attached hydrogen (secondary N) is 1. The van der Waals surface area contributed by atoms with Crippen LogP contribution in [0.25, 0.3) is 0 Å². The van der Waals surface area contributed by atoms with Crippen LogP contribution in [0.3, 0.4) is 0 Å². The minimum absolute atomic E-state index is 0.0185. The summed E-state index contributed by atoms with van der Waals surface area (Å²) in [7, 11) is 0. The van der Waals surface area contributed by atoms with Gasteiger partial charge >= 0.3 is 0 Å². The average Bonchev–Trinajstić information content (AvgIpc) is 2.74. The van der Waals surface area contributed by atoms with Crippen molar-refractivity contribution in [3.63, 3.8) is 0 Å². The Morgan fingerprint density at radius 3 is 2.89 bits per heavy atom. The van der Waals surface area contributed by atoms with Crippen LogP contribution in [0, 0.1) is 6.92 Å². The van der Waals surface area contributed by atoms with Crippen LogP contribution >= 0.6 is 11.8 Å².